The number of nitrogens with zero attached hydrogens (tertiary/aromatic N) is 1. The van der Waals surface area contributed by atoms with E-state index in [9.17, 15) is 9.59 Å². The van der Waals surface area contributed by atoms with Crippen LogP contribution in [0.4, 0.5) is 0 Å². The molecule has 3 rings (SSSR count). The van der Waals surface area contributed by atoms with Gasteiger partial charge in [0.25, 0.3) is 0 Å². The largest absolute Gasteiger partial charge is 0.481 e. The second kappa shape index (κ2) is 4.90. The SMILES string of the molecule is O=C(c1cccc(Br)c1)c1ccc2n1CCC2C(=O)O. The molecule has 1 unspecified atom stereocenters. The van der Waals surface area contributed by atoms with E-state index in [-0.39, 0.29) is 5.78 Å². The van der Waals surface area contributed by atoms with Gasteiger partial charge < -0.3 is 9.67 Å². The second-order valence-corrected chi connectivity index (χ2v) is 5.73. The zero-order valence-corrected chi connectivity index (χ0v) is 12.1. The van der Waals surface area contributed by atoms with Crippen LogP contribution in [0, 0.1) is 0 Å². The Balaban J connectivity index is 1.99. The van der Waals surface area contributed by atoms with Crippen LogP contribution in [0.15, 0.2) is 40.9 Å². The van der Waals surface area contributed by atoms with Gasteiger partial charge in [0.15, 0.2) is 0 Å². The third-order valence-electron chi connectivity index (χ3n) is 3.63. The summed E-state index contributed by atoms with van der Waals surface area (Å²) in [5, 5.41) is 9.16. The van der Waals surface area contributed by atoms with E-state index in [1.165, 1.54) is 0 Å². The van der Waals surface area contributed by atoms with Crippen molar-refractivity contribution in [2.24, 2.45) is 0 Å². The van der Waals surface area contributed by atoms with E-state index >= 15 is 0 Å². The summed E-state index contributed by atoms with van der Waals surface area (Å²) < 4.78 is 2.67. The zero-order chi connectivity index (χ0) is 14.3. The predicted octanol–water partition coefficient (Wildman–Crippen LogP) is 3.05. The van der Waals surface area contributed by atoms with E-state index in [1.54, 1.807) is 24.3 Å². The van der Waals surface area contributed by atoms with Gasteiger partial charge in [0.1, 0.15) is 0 Å². The Labute approximate surface area is 124 Å². The highest BCUT2D eigenvalue weighted by Crippen LogP contribution is 2.31. The molecule has 0 saturated carbocycles. The van der Waals surface area contributed by atoms with Gasteiger partial charge in [0.05, 0.1) is 11.6 Å². The van der Waals surface area contributed by atoms with Crippen LogP contribution in [0.25, 0.3) is 0 Å². The van der Waals surface area contributed by atoms with Gasteiger partial charge >= 0.3 is 5.97 Å². The van der Waals surface area contributed by atoms with Gasteiger partial charge in [-0.1, -0.05) is 28.1 Å². The van der Waals surface area contributed by atoms with Crippen molar-refractivity contribution < 1.29 is 14.7 Å². The molecule has 1 aliphatic rings. The second-order valence-electron chi connectivity index (χ2n) is 4.81. The monoisotopic (exact) mass is 333 g/mol. The Morgan fingerprint density at radius 1 is 1.25 bits per heavy atom. The molecule has 0 aliphatic carbocycles. The van der Waals surface area contributed by atoms with Crippen molar-refractivity contribution in [3.05, 3.63) is 57.8 Å². The number of carbonyl (C=O) groups excluding carboxylic acids is 1. The number of hydrogen-bond donors (Lipinski definition) is 1. The van der Waals surface area contributed by atoms with Crippen LogP contribution in [-0.2, 0) is 11.3 Å². The Hall–Kier alpha value is -1.88. The first-order valence-corrected chi connectivity index (χ1v) is 7.09. The topological polar surface area (TPSA) is 59.3 Å². The number of fused-ring (bicyclic) bond motifs is 1. The number of ketones is 1. The maximum Gasteiger partial charge on any atom is 0.312 e. The number of carbonyl (C=O) groups is 2. The predicted molar refractivity (Wildman–Crippen MR) is 77.0 cm³/mol. The molecule has 5 heteroatoms. The van der Waals surface area contributed by atoms with Crippen LogP contribution in [-0.4, -0.2) is 21.4 Å². The lowest BCUT2D eigenvalue weighted by atomic mass is 10.1. The van der Waals surface area contributed by atoms with Crippen LogP contribution in [0.3, 0.4) is 0 Å². The lowest BCUT2D eigenvalue weighted by Crippen LogP contribution is -2.10. The number of hydrogen-bond acceptors (Lipinski definition) is 2. The molecule has 1 N–H and O–H groups in total. The Kier molecular flexibility index (Phi) is 3.22. The van der Waals surface area contributed by atoms with E-state index in [0.717, 1.165) is 10.2 Å². The minimum atomic E-state index is -0.830. The molecule has 4 nitrogen and oxygen atoms in total. The van der Waals surface area contributed by atoms with Gasteiger partial charge in [-0.2, -0.15) is 0 Å². The highest BCUT2D eigenvalue weighted by atomic mass is 79.9. The molecular formula is C15H12BrNO3. The number of benzene rings is 1. The number of aromatic nitrogens is 1. The van der Waals surface area contributed by atoms with Gasteiger partial charge in [-0.3, -0.25) is 9.59 Å². The fraction of sp³-hybridized carbons (Fsp3) is 0.200. The summed E-state index contributed by atoms with van der Waals surface area (Å²) in [4.78, 5) is 23.7. The van der Waals surface area contributed by atoms with E-state index < -0.39 is 11.9 Å². The van der Waals surface area contributed by atoms with Crippen molar-refractivity contribution in [3.8, 4) is 0 Å². The Morgan fingerprint density at radius 3 is 2.75 bits per heavy atom. The van der Waals surface area contributed by atoms with E-state index in [0.29, 0.717) is 24.2 Å². The number of halogens is 1. The summed E-state index contributed by atoms with van der Waals surface area (Å²) in [6, 6.07) is 10.7. The molecule has 102 valence electrons. The number of carboxylic acid groups (broad SMARTS) is 1. The number of rotatable bonds is 3. The quantitative estimate of drug-likeness (QED) is 0.878. The van der Waals surface area contributed by atoms with Gasteiger partial charge in [-0.05, 0) is 30.7 Å². The summed E-state index contributed by atoms with van der Waals surface area (Å²) in [7, 11) is 0. The highest BCUT2D eigenvalue weighted by Gasteiger charge is 2.31. The molecular weight excluding hydrogens is 322 g/mol. The van der Waals surface area contributed by atoms with Crippen LogP contribution in [0.5, 0.6) is 0 Å². The van der Waals surface area contributed by atoms with Crippen molar-refractivity contribution in [1.82, 2.24) is 4.57 Å². The van der Waals surface area contributed by atoms with Gasteiger partial charge in [0, 0.05) is 22.3 Å². The third kappa shape index (κ3) is 2.08. The molecule has 0 spiro atoms. The van der Waals surface area contributed by atoms with E-state index in [1.807, 2.05) is 16.7 Å². The molecule has 1 aromatic heterocycles. The van der Waals surface area contributed by atoms with E-state index in [2.05, 4.69) is 15.9 Å². The molecule has 2 aromatic rings. The van der Waals surface area contributed by atoms with Crippen LogP contribution >= 0.6 is 15.9 Å². The molecule has 0 saturated heterocycles. The Bertz CT molecular complexity index is 705. The average molecular weight is 334 g/mol. The first-order valence-electron chi connectivity index (χ1n) is 6.30. The smallest absolute Gasteiger partial charge is 0.312 e. The van der Waals surface area contributed by atoms with Crippen molar-refractivity contribution in [1.29, 1.82) is 0 Å². The van der Waals surface area contributed by atoms with Crippen molar-refractivity contribution in [3.63, 3.8) is 0 Å². The van der Waals surface area contributed by atoms with Crippen LogP contribution in [0.1, 0.15) is 34.1 Å². The third-order valence-corrected chi connectivity index (χ3v) is 4.12. The summed E-state index contributed by atoms with van der Waals surface area (Å²) in [6.45, 7) is 0.578. The van der Waals surface area contributed by atoms with Crippen molar-refractivity contribution >= 4 is 27.7 Å². The van der Waals surface area contributed by atoms with Gasteiger partial charge in [-0.25, -0.2) is 0 Å². The molecule has 0 radical (unpaired) electrons. The maximum atomic E-state index is 12.5. The zero-order valence-electron chi connectivity index (χ0n) is 10.5. The van der Waals surface area contributed by atoms with Gasteiger partial charge in [0.2, 0.25) is 5.78 Å². The summed E-state index contributed by atoms with van der Waals surface area (Å²) in [5.74, 6) is -1.41. The normalized spacial score (nSPS) is 16.9. The molecule has 1 aliphatic heterocycles. The summed E-state index contributed by atoms with van der Waals surface area (Å²) in [5.41, 5.74) is 1.87. The minimum absolute atomic E-state index is 0.0800. The molecule has 1 atom stereocenters. The molecule has 2 heterocycles. The Morgan fingerprint density at radius 2 is 2.05 bits per heavy atom. The standard InChI is InChI=1S/C15H12BrNO3/c16-10-3-1-2-9(8-10)14(18)13-5-4-12-11(15(19)20)6-7-17(12)13/h1-5,8,11H,6-7H2,(H,19,20). The fourth-order valence-corrected chi connectivity index (χ4v) is 3.07. The first-order chi connectivity index (χ1) is 9.58. The molecule has 0 fully saturated rings. The maximum absolute atomic E-state index is 12.5. The minimum Gasteiger partial charge on any atom is -0.481 e. The van der Waals surface area contributed by atoms with Gasteiger partial charge in [-0.15, -0.1) is 0 Å². The van der Waals surface area contributed by atoms with Crippen LogP contribution < -0.4 is 0 Å². The molecule has 0 bridgehead atoms. The number of aliphatic carboxylic acids is 1. The molecule has 20 heavy (non-hydrogen) atoms. The highest BCUT2D eigenvalue weighted by molar-refractivity contribution is 9.10. The van der Waals surface area contributed by atoms with Crippen LogP contribution in [0.2, 0.25) is 0 Å². The lowest BCUT2D eigenvalue weighted by molar-refractivity contribution is -0.138. The first kappa shape index (κ1) is 13.1. The van der Waals surface area contributed by atoms with Crippen molar-refractivity contribution in [2.75, 3.05) is 0 Å². The lowest BCUT2D eigenvalue weighted by Gasteiger charge is -2.06. The fourth-order valence-electron chi connectivity index (χ4n) is 2.67. The average Bonchev–Trinajstić information content (AvgIpc) is 2.98. The molecule has 0 amide bonds. The van der Waals surface area contributed by atoms with E-state index in [4.69, 9.17) is 5.11 Å². The van der Waals surface area contributed by atoms with Crippen molar-refractivity contribution in [2.45, 2.75) is 18.9 Å². The summed E-state index contributed by atoms with van der Waals surface area (Å²) in [6.07, 6.45) is 0.546. The summed E-state index contributed by atoms with van der Waals surface area (Å²) >= 11 is 3.35. The number of carboxylic acids is 1. The molecule has 1 aromatic carbocycles.